The molecule has 0 aromatic rings. The molecule has 8 nitrogen and oxygen atoms in total. The molecule has 2 atom stereocenters. The van der Waals surface area contributed by atoms with Crippen molar-refractivity contribution in [3.05, 3.63) is 0 Å². The van der Waals surface area contributed by atoms with Gasteiger partial charge in [0, 0.05) is 0 Å². The second-order valence-corrected chi connectivity index (χ2v) is 13.0. The highest BCUT2D eigenvalue weighted by Gasteiger charge is 2.26. The Morgan fingerprint density at radius 3 is 1.11 bits per heavy atom. The first-order valence-electron chi connectivity index (χ1n) is 15.3. The molecule has 38 heavy (non-hydrogen) atoms. The second-order valence-electron chi connectivity index (χ2n) is 9.90. The van der Waals surface area contributed by atoms with Crippen LogP contribution >= 0.6 is 15.6 Å². The molecule has 0 aliphatic carbocycles. The highest BCUT2D eigenvalue weighted by atomic mass is 31.2. The van der Waals surface area contributed by atoms with E-state index in [1.54, 1.807) is 0 Å². The fraction of sp³-hybridized carbons (Fsp3) is 1.00. The minimum absolute atomic E-state index is 0.316. The van der Waals surface area contributed by atoms with Crippen LogP contribution in [0.15, 0.2) is 0 Å². The van der Waals surface area contributed by atoms with Crippen LogP contribution in [0.1, 0.15) is 138 Å². The van der Waals surface area contributed by atoms with E-state index < -0.39 is 15.6 Å². The minimum Gasteiger partial charge on any atom is -0.302 e. The van der Waals surface area contributed by atoms with Gasteiger partial charge in [0.05, 0.1) is 33.0 Å². The van der Waals surface area contributed by atoms with E-state index in [2.05, 4.69) is 48.5 Å². The Labute approximate surface area is 235 Å². The lowest BCUT2D eigenvalue weighted by Crippen LogP contribution is -2.12. The third-order valence-corrected chi connectivity index (χ3v) is 8.72. The Kier molecular flexibility index (Phi) is 29.1. The largest absolute Gasteiger partial charge is 0.474 e. The van der Waals surface area contributed by atoms with Crippen LogP contribution in [0.5, 0.6) is 0 Å². The maximum absolute atomic E-state index is 12.2. The number of hydrogen-bond donors (Lipinski definition) is 1. The van der Waals surface area contributed by atoms with E-state index in [4.69, 9.17) is 22.6 Å². The molecule has 10 heteroatoms. The lowest BCUT2D eigenvalue weighted by Gasteiger charge is -2.20. The fourth-order valence-corrected chi connectivity index (χ4v) is 5.46. The van der Waals surface area contributed by atoms with E-state index in [-0.39, 0.29) is 0 Å². The Morgan fingerprint density at radius 2 is 0.842 bits per heavy atom. The zero-order chi connectivity index (χ0) is 29.1. The average Bonchev–Trinajstić information content (AvgIpc) is 2.90. The third kappa shape index (κ3) is 25.2. The van der Waals surface area contributed by atoms with Crippen molar-refractivity contribution in [2.45, 2.75) is 138 Å². The lowest BCUT2D eigenvalue weighted by molar-refractivity contribution is 0.109. The summed E-state index contributed by atoms with van der Waals surface area (Å²) in [6, 6.07) is 0. The van der Waals surface area contributed by atoms with Gasteiger partial charge in [-0.3, -0.25) is 22.6 Å². The van der Waals surface area contributed by atoms with Gasteiger partial charge in [-0.2, -0.15) is 0 Å². The lowest BCUT2D eigenvalue weighted by atomic mass is 10.0. The molecule has 0 rings (SSSR count). The summed E-state index contributed by atoms with van der Waals surface area (Å²) in [6.07, 6.45) is 14.2. The molecule has 0 aromatic carbocycles. The summed E-state index contributed by atoms with van der Waals surface area (Å²) in [7, 11) is -7.20. The normalized spacial score (nSPS) is 14.9. The average molecular weight is 589 g/mol. The SMILES string of the molecule is CCCCC(CC)COP(=O)(O)OCC(CC)CCCC.CCCCOP(=O)(OCCCC)OCCCC. The summed E-state index contributed by atoms with van der Waals surface area (Å²) in [5.74, 6) is 0.687. The molecule has 0 aromatic heterocycles. The van der Waals surface area contributed by atoms with Crippen molar-refractivity contribution in [2.24, 2.45) is 11.8 Å². The molecular formula is C28H62O8P2. The topological polar surface area (TPSA) is 101 Å². The van der Waals surface area contributed by atoms with E-state index in [0.717, 1.165) is 89.9 Å². The fourth-order valence-electron chi connectivity index (χ4n) is 3.31. The molecule has 0 fully saturated rings. The highest BCUT2D eigenvalue weighted by molar-refractivity contribution is 7.48. The van der Waals surface area contributed by atoms with Crippen LogP contribution in [0, 0.1) is 11.8 Å². The molecule has 0 spiro atoms. The van der Waals surface area contributed by atoms with Gasteiger partial charge in [-0.05, 0) is 43.9 Å². The number of rotatable bonds is 26. The monoisotopic (exact) mass is 588 g/mol. The predicted molar refractivity (Wildman–Crippen MR) is 159 cm³/mol. The summed E-state index contributed by atoms with van der Waals surface area (Å²) in [4.78, 5) is 9.77. The van der Waals surface area contributed by atoms with Gasteiger partial charge in [-0.1, -0.05) is 106 Å². The number of phosphoric acid groups is 2. The Morgan fingerprint density at radius 1 is 0.526 bits per heavy atom. The van der Waals surface area contributed by atoms with Crippen molar-refractivity contribution in [3.63, 3.8) is 0 Å². The van der Waals surface area contributed by atoms with Gasteiger partial charge >= 0.3 is 15.6 Å². The summed E-state index contributed by atoms with van der Waals surface area (Å²) in [5.41, 5.74) is 0. The van der Waals surface area contributed by atoms with E-state index >= 15 is 0 Å². The first kappa shape index (κ1) is 40.4. The molecule has 2 unspecified atom stereocenters. The summed E-state index contributed by atoms with van der Waals surface area (Å²) >= 11 is 0. The van der Waals surface area contributed by atoms with E-state index in [1.165, 1.54) is 0 Å². The van der Waals surface area contributed by atoms with E-state index in [9.17, 15) is 14.0 Å². The van der Waals surface area contributed by atoms with Crippen LogP contribution in [0.25, 0.3) is 0 Å². The van der Waals surface area contributed by atoms with Gasteiger partial charge in [0.2, 0.25) is 0 Å². The summed E-state index contributed by atoms with van der Waals surface area (Å²) < 4.78 is 50.2. The smallest absolute Gasteiger partial charge is 0.302 e. The van der Waals surface area contributed by atoms with Crippen molar-refractivity contribution >= 4 is 15.6 Å². The first-order valence-corrected chi connectivity index (χ1v) is 18.3. The van der Waals surface area contributed by atoms with Crippen molar-refractivity contribution in [2.75, 3.05) is 33.0 Å². The molecule has 0 saturated carbocycles. The molecule has 1 N–H and O–H groups in total. The van der Waals surface area contributed by atoms with Gasteiger partial charge < -0.3 is 4.89 Å². The van der Waals surface area contributed by atoms with Gasteiger partial charge in [0.25, 0.3) is 0 Å². The zero-order valence-corrected chi connectivity index (χ0v) is 27.6. The van der Waals surface area contributed by atoms with Crippen molar-refractivity contribution < 1.29 is 36.6 Å². The number of hydrogen-bond acceptors (Lipinski definition) is 7. The van der Waals surface area contributed by atoms with Crippen molar-refractivity contribution in [3.8, 4) is 0 Å². The Balaban J connectivity index is 0. The standard InChI is InChI=1S/C16H35O4P.C12H27O4P/c1-5-9-11-15(7-3)13-19-21(17,18)20-14-16(8-4)12-10-6-2;1-4-7-10-14-17(13,15-11-8-5-2)16-12-9-6-3/h15-16H,5-14H2,1-4H3,(H,17,18);4-12H2,1-3H3. The molecule has 0 aliphatic rings. The van der Waals surface area contributed by atoms with Gasteiger partial charge in [0.1, 0.15) is 0 Å². The van der Waals surface area contributed by atoms with Crippen LogP contribution in [0.3, 0.4) is 0 Å². The maximum Gasteiger partial charge on any atom is 0.474 e. The van der Waals surface area contributed by atoms with Crippen LogP contribution < -0.4 is 0 Å². The minimum atomic E-state index is -3.89. The predicted octanol–water partition coefficient (Wildman–Crippen LogP) is 10.1. The van der Waals surface area contributed by atoms with Crippen molar-refractivity contribution in [1.82, 2.24) is 0 Å². The molecule has 0 heterocycles. The number of phosphoric ester groups is 2. The third-order valence-electron chi connectivity index (χ3n) is 6.28. The Hall–Kier alpha value is 0.220. The van der Waals surface area contributed by atoms with E-state index in [0.29, 0.717) is 44.9 Å². The van der Waals surface area contributed by atoms with Crippen LogP contribution in [-0.2, 0) is 31.7 Å². The number of unbranched alkanes of at least 4 members (excludes halogenated alkanes) is 5. The maximum atomic E-state index is 12.2. The molecule has 0 radical (unpaired) electrons. The van der Waals surface area contributed by atoms with Crippen LogP contribution in [0.2, 0.25) is 0 Å². The summed E-state index contributed by atoms with van der Waals surface area (Å²) in [5, 5.41) is 0. The molecule has 0 aliphatic heterocycles. The van der Waals surface area contributed by atoms with Crippen LogP contribution in [-0.4, -0.2) is 37.9 Å². The second kappa shape index (κ2) is 27.4. The molecular weight excluding hydrogens is 526 g/mol. The van der Waals surface area contributed by atoms with Gasteiger partial charge in [-0.25, -0.2) is 9.13 Å². The molecule has 0 amide bonds. The molecule has 232 valence electrons. The highest BCUT2D eigenvalue weighted by Crippen LogP contribution is 2.50. The van der Waals surface area contributed by atoms with Gasteiger partial charge in [0.15, 0.2) is 0 Å². The Bertz CT molecular complexity index is 534. The summed E-state index contributed by atoms with van der Waals surface area (Å²) in [6.45, 7) is 16.6. The quantitative estimate of drug-likeness (QED) is 0.0787. The van der Waals surface area contributed by atoms with Crippen molar-refractivity contribution in [1.29, 1.82) is 0 Å². The van der Waals surface area contributed by atoms with Crippen LogP contribution in [0.4, 0.5) is 0 Å². The molecule has 0 saturated heterocycles. The first-order chi connectivity index (χ1) is 18.2. The molecule has 0 bridgehead atoms. The van der Waals surface area contributed by atoms with Gasteiger partial charge in [-0.15, -0.1) is 0 Å². The van der Waals surface area contributed by atoms with E-state index in [1.807, 2.05) is 0 Å². The zero-order valence-electron chi connectivity index (χ0n) is 25.8.